The summed E-state index contributed by atoms with van der Waals surface area (Å²) in [5.74, 6) is -0.143. The Bertz CT molecular complexity index is 531. The fourth-order valence-corrected chi connectivity index (χ4v) is 2.44. The molecule has 21 heavy (non-hydrogen) atoms. The number of aromatic nitrogens is 1. The molecule has 2 aromatic rings. The molecule has 0 spiro atoms. The first-order valence-electron chi connectivity index (χ1n) is 6.20. The zero-order valence-corrected chi connectivity index (χ0v) is 14.2. The predicted octanol–water partition coefficient (Wildman–Crippen LogP) is 2.97. The van der Waals surface area contributed by atoms with Crippen molar-refractivity contribution in [1.29, 1.82) is 0 Å². The van der Waals surface area contributed by atoms with Gasteiger partial charge in [0.05, 0.1) is 6.26 Å². The maximum Gasteiger partial charge on any atom is 0.270 e. The van der Waals surface area contributed by atoms with E-state index in [1.165, 1.54) is 11.3 Å². The van der Waals surface area contributed by atoms with Crippen molar-refractivity contribution >= 4 is 42.1 Å². The number of furan rings is 1. The molecular weight excluding hydrogens is 333 g/mol. The Balaban J connectivity index is 0.00000200. The summed E-state index contributed by atoms with van der Waals surface area (Å²) >= 11 is 1.43. The van der Waals surface area contributed by atoms with Crippen LogP contribution in [0.3, 0.4) is 0 Å². The third-order valence-corrected chi connectivity index (χ3v) is 3.52. The molecule has 2 heterocycles. The van der Waals surface area contributed by atoms with E-state index in [9.17, 15) is 4.79 Å². The van der Waals surface area contributed by atoms with E-state index in [4.69, 9.17) is 4.42 Å². The van der Waals surface area contributed by atoms with Crippen LogP contribution in [0, 0.1) is 0 Å². The lowest BCUT2D eigenvalue weighted by molar-refractivity contribution is 0.0946. The summed E-state index contributed by atoms with van der Waals surface area (Å²) in [4.78, 5) is 16.2. The van der Waals surface area contributed by atoms with Crippen molar-refractivity contribution in [2.75, 3.05) is 13.1 Å². The standard InChI is InChI=1S/C13H17N3O2S.2ClH/c1-3-14-9(2)6-15-12(17)11-8-19-13(16-11)10-4-5-18-7-10;;/h4-5,7-9,14H,3,6H2,1-2H3,(H,15,17);2*1H/t9-;;/m1../s1. The Morgan fingerprint density at radius 1 is 1.48 bits per heavy atom. The number of nitrogens with one attached hydrogen (secondary N) is 2. The van der Waals surface area contributed by atoms with E-state index in [0.717, 1.165) is 17.1 Å². The Morgan fingerprint density at radius 3 is 2.86 bits per heavy atom. The maximum absolute atomic E-state index is 11.9. The van der Waals surface area contributed by atoms with Crippen LogP contribution in [0.15, 0.2) is 28.4 Å². The van der Waals surface area contributed by atoms with Gasteiger partial charge in [-0.3, -0.25) is 4.79 Å². The van der Waals surface area contributed by atoms with Crippen LogP contribution in [0.4, 0.5) is 0 Å². The SMILES string of the molecule is CCN[C@H](C)CNC(=O)c1csc(-c2ccoc2)n1.Cl.Cl. The van der Waals surface area contributed by atoms with Gasteiger partial charge in [-0.1, -0.05) is 6.92 Å². The van der Waals surface area contributed by atoms with Crippen molar-refractivity contribution in [1.82, 2.24) is 15.6 Å². The molecule has 0 saturated carbocycles. The second kappa shape index (κ2) is 9.78. The zero-order chi connectivity index (χ0) is 13.7. The van der Waals surface area contributed by atoms with E-state index in [1.54, 1.807) is 17.9 Å². The first kappa shape index (κ1) is 19.9. The van der Waals surface area contributed by atoms with E-state index >= 15 is 0 Å². The Labute approximate surface area is 140 Å². The van der Waals surface area contributed by atoms with E-state index in [-0.39, 0.29) is 36.8 Å². The molecule has 0 aliphatic carbocycles. The van der Waals surface area contributed by atoms with Crippen molar-refractivity contribution in [3.63, 3.8) is 0 Å². The highest BCUT2D eigenvalue weighted by molar-refractivity contribution is 7.13. The molecule has 5 nitrogen and oxygen atoms in total. The van der Waals surface area contributed by atoms with Gasteiger partial charge in [0, 0.05) is 23.5 Å². The Morgan fingerprint density at radius 2 is 2.24 bits per heavy atom. The Hall–Kier alpha value is -1.08. The molecule has 2 N–H and O–H groups in total. The average Bonchev–Trinajstić information content (AvgIpc) is 3.06. The van der Waals surface area contributed by atoms with E-state index < -0.39 is 0 Å². The van der Waals surface area contributed by atoms with Gasteiger partial charge in [0.25, 0.3) is 5.91 Å². The minimum absolute atomic E-state index is 0. The first-order chi connectivity index (χ1) is 9.20. The van der Waals surface area contributed by atoms with Gasteiger partial charge >= 0.3 is 0 Å². The third-order valence-electron chi connectivity index (χ3n) is 2.63. The molecule has 2 aromatic heterocycles. The smallest absolute Gasteiger partial charge is 0.270 e. The summed E-state index contributed by atoms with van der Waals surface area (Å²) in [6, 6.07) is 2.08. The van der Waals surface area contributed by atoms with Crippen molar-refractivity contribution < 1.29 is 9.21 Å². The molecule has 8 heteroatoms. The normalized spacial score (nSPS) is 11.1. The number of amides is 1. The van der Waals surface area contributed by atoms with Crippen molar-refractivity contribution in [3.8, 4) is 10.6 Å². The van der Waals surface area contributed by atoms with Crippen LogP contribution in [0.5, 0.6) is 0 Å². The lowest BCUT2D eigenvalue weighted by Gasteiger charge is -2.12. The predicted molar refractivity (Wildman–Crippen MR) is 89.8 cm³/mol. The van der Waals surface area contributed by atoms with Crippen LogP contribution in [0.25, 0.3) is 10.6 Å². The average molecular weight is 352 g/mol. The summed E-state index contributed by atoms with van der Waals surface area (Å²) in [6.45, 7) is 5.54. The Kier molecular flexibility index (Phi) is 9.28. The summed E-state index contributed by atoms with van der Waals surface area (Å²) in [7, 11) is 0. The van der Waals surface area contributed by atoms with Gasteiger partial charge in [-0.15, -0.1) is 36.2 Å². The molecule has 0 bridgehead atoms. The van der Waals surface area contributed by atoms with Gasteiger partial charge in [0.15, 0.2) is 0 Å². The van der Waals surface area contributed by atoms with Crippen LogP contribution >= 0.6 is 36.2 Å². The largest absolute Gasteiger partial charge is 0.472 e. The number of halogens is 2. The molecule has 2 rings (SSSR count). The van der Waals surface area contributed by atoms with Crippen LogP contribution in [-0.2, 0) is 0 Å². The molecule has 0 aliphatic rings. The molecule has 0 radical (unpaired) electrons. The lowest BCUT2D eigenvalue weighted by atomic mass is 10.3. The van der Waals surface area contributed by atoms with E-state index in [0.29, 0.717) is 12.2 Å². The monoisotopic (exact) mass is 351 g/mol. The van der Waals surface area contributed by atoms with Crippen LogP contribution < -0.4 is 10.6 Å². The molecule has 118 valence electrons. The fourth-order valence-electron chi connectivity index (χ4n) is 1.65. The number of hydrogen-bond acceptors (Lipinski definition) is 5. The molecule has 0 fully saturated rings. The molecule has 1 atom stereocenters. The van der Waals surface area contributed by atoms with Gasteiger partial charge in [0.2, 0.25) is 0 Å². The first-order valence-corrected chi connectivity index (χ1v) is 7.08. The quantitative estimate of drug-likeness (QED) is 0.839. The van der Waals surface area contributed by atoms with Crippen molar-refractivity contribution in [3.05, 3.63) is 29.7 Å². The number of likely N-dealkylation sites (N-methyl/N-ethyl adjacent to an activating group) is 1. The van der Waals surface area contributed by atoms with Gasteiger partial charge in [-0.2, -0.15) is 0 Å². The van der Waals surface area contributed by atoms with Gasteiger partial charge in [0.1, 0.15) is 17.0 Å². The van der Waals surface area contributed by atoms with Gasteiger partial charge < -0.3 is 15.1 Å². The van der Waals surface area contributed by atoms with Crippen molar-refractivity contribution in [2.45, 2.75) is 19.9 Å². The minimum Gasteiger partial charge on any atom is -0.472 e. The molecular formula is C13H19Cl2N3O2S. The summed E-state index contributed by atoms with van der Waals surface area (Å²) in [5, 5.41) is 8.65. The zero-order valence-electron chi connectivity index (χ0n) is 11.8. The second-order valence-corrected chi connectivity index (χ2v) is 5.08. The van der Waals surface area contributed by atoms with E-state index in [2.05, 4.69) is 15.6 Å². The summed E-state index contributed by atoms with van der Waals surface area (Å²) in [6.07, 6.45) is 3.21. The fraction of sp³-hybridized carbons (Fsp3) is 0.385. The molecule has 0 aromatic carbocycles. The molecule has 0 saturated heterocycles. The lowest BCUT2D eigenvalue weighted by Crippen LogP contribution is -2.38. The number of rotatable bonds is 6. The third kappa shape index (κ3) is 5.67. The number of thiazole rings is 1. The highest BCUT2D eigenvalue weighted by atomic mass is 35.5. The highest BCUT2D eigenvalue weighted by Crippen LogP contribution is 2.23. The van der Waals surface area contributed by atoms with Gasteiger partial charge in [-0.05, 0) is 19.5 Å². The van der Waals surface area contributed by atoms with Crippen LogP contribution in [0.2, 0.25) is 0 Å². The highest BCUT2D eigenvalue weighted by Gasteiger charge is 2.12. The van der Waals surface area contributed by atoms with E-state index in [1.807, 2.05) is 19.9 Å². The number of nitrogens with zero attached hydrogens (tertiary/aromatic N) is 1. The summed E-state index contributed by atoms with van der Waals surface area (Å²) in [5.41, 5.74) is 1.34. The topological polar surface area (TPSA) is 67.2 Å². The minimum atomic E-state index is -0.143. The number of carbonyl (C=O) groups is 1. The number of carbonyl (C=O) groups excluding carboxylic acids is 1. The molecule has 0 unspecified atom stereocenters. The van der Waals surface area contributed by atoms with Crippen molar-refractivity contribution in [2.24, 2.45) is 0 Å². The molecule has 1 amide bonds. The summed E-state index contributed by atoms with van der Waals surface area (Å²) < 4.78 is 5.00. The molecule has 0 aliphatic heterocycles. The maximum atomic E-state index is 11.9. The number of hydrogen-bond donors (Lipinski definition) is 2. The van der Waals surface area contributed by atoms with Crippen LogP contribution in [-0.4, -0.2) is 30.0 Å². The van der Waals surface area contributed by atoms with Gasteiger partial charge in [-0.25, -0.2) is 4.98 Å². The van der Waals surface area contributed by atoms with Crippen LogP contribution in [0.1, 0.15) is 24.3 Å². The second-order valence-electron chi connectivity index (χ2n) is 4.22.